The van der Waals surface area contributed by atoms with Gasteiger partial charge in [0.15, 0.2) is 5.79 Å². The lowest BCUT2D eigenvalue weighted by atomic mass is 10.1. The Labute approximate surface area is 196 Å². The van der Waals surface area contributed by atoms with Crippen LogP contribution in [0.4, 0.5) is 0 Å². The number of hydrogen-bond acceptors (Lipinski definition) is 6. The van der Waals surface area contributed by atoms with Crippen LogP contribution >= 0.6 is 22.9 Å². The van der Waals surface area contributed by atoms with Gasteiger partial charge in [-0.05, 0) is 25.1 Å². The average molecular weight is 494 g/mol. The summed E-state index contributed by atoms with van der Waals surface area (Å²) in [5.74, 6) is -0.611. The van der Waals surface area contributed by atoms with Gasteiger partial charge in [0.1, 0.15) is 9.90 Å². The fourth-order valence-electron chi connectivity index (χ4n) is 4.30. The summed E-state index contributed by atoms with van der Waals surface area (Å²) in [6.07, 6.45) is 1.08. The first-order valence-corrected chi connectivity index (χ1v) is 13.2. The average Bonchev–Trinajstić information content (AvgIpc) is 3.50. The van der Waals surface area contributed by atoms with Crippen LogP contribution in [-0.2, 0) is 26.5 Å². The number of hydrogen-bond donors (Lipinski definition) is 0. The third kappa shape index (κ3) is 3.81. The van der Waals surface area contributed by atoms with Crippen LogP contribution in [0.1, 0.15) is 18.5 Å². The van der Waals surface area contributed by atoms with Crippen LogP contribution in [0.2, 0.25) is 5.02 Å². The fourth-order valence-corrected chi connectivity index (χ4v) is 7.08. The van der Waals surface area contributed by atoms with Gasteiger partial charge < -0.3 is 14.0 Å². The third-order valence-electron chi connectivity index (χ3n) is 6.25. The molecule has 2 saturated heterocycles. The molecule has 0 N–H and O–H groups in total. The van der Waals surface area contributed by atoms with E-state index in [0.717, 1.165) is 22.0 Å². The highest BCUT2D eigenvalue weighted by molar-refractivity contribution is 7.89. The van der Waals surface area contributed by atoms with Crippen molar-refractivity contribution in [3.63, 3.8) is 0 Å². The molecule has 5 rings (SSSR count). The standard InChI is InChI=1S/C22H24ClN3O4S2/c1-15-20(32(27,28)26-8-6-22(7-9-26)29-10-11-30-22)13-19(25(15)2)21-24-18(14-31-21)16-4-3-5-17(23)12-16/h3-5,12-14H,6-11H2,1-2H3. The Morgan fingerprint density at radius 2 is 1.88 bits per heavy atom. The smallest absolute Gasteiger partial charge is 0.244 e. The van der Waals surface area contributed by atoms with E-state index in [4.69, 9.17) is 26.1 Å². The molecule has 32 heavy (non-hydrogen) atoms. The Morgan fingerprint density at radius 1 is 1.16 bits per heavy atom. The monoisotopic (exact) mass is 493 g/mol. The number of thiazole rings is 1. The molecule has 2 fully saturated rings. The number of aromatic nitrogens is 2. The van der Waals surface area contributed by atoms with Crippen LogP contribution in [0.25, 0.3) is 22.0 Å². The first kappa shape index (κ1) is 22.1. The Balaban J connectivity index is 1.43. The van der Waals surface area contributed by atoms with E-state index in [1.54, 1.807) is 6.07 Å². The number of benzene rings is 1. The highest BCUT2D eigenvalue weighted by atomic mass is 35.5. The second-order valence-corrected chi connectivity index (χ2v) is 11.3. The molecule has 0 saturated carbocycles. The highest BCUT2D eigenvalue weighted by Gasteiger charge is 2.43. The fraction of sp³-hybridized carbons (Fsp3) is 0.409. The van der Waals surface area contributed by atoms with E-state index in [-0.39, 0.29) is 0 Å². The molecule has 0 bridgehead atoms. The zero-order chi connectivity index (χ0) is 22.5. The number of rotatable bonds is 4. The number of nitrogens with zero attached hydrogens (tertiary/aromatic N) is 3. The summed E-state index contributed by atoms with van der Waals surface area (Å²) in [7, 11) is -1.77. The summed E-state index contributed by atoms with van der Waals surface area (Å²) in [6, 6.07) is 9.27. The van der Waals surface area contributed by atoms with E-state index in [1.807, 2.05) is 48.2 Å². The van der Waals surface area contributed by atoms with E-state index in [0.29, 0.717) is 54.8 Å². The van der Waals surface area contributed by atoms with E-state index < -0.39 is 15.8 Å². The largest absolute Gasteiger partial charge is 0.347 e. The predicted molar refractivity (Wildman–Crippen MR) is 124 cm³/mol. The minimum Gasteiger partial charge on any atom is -0.347 e. The molecule has 170 valence electrons. The molecule has 2 aromatic heterocycles. The number of halogens is 1. The second kappa shape index (κ2) is 8.23. The molecule has 2 aliphatic rings. The molecule has 1 spiro atoms. The topological polar surface area (TPSA) is 73.7 Å². The summed E-state index contributed by atoms with van der Waals surface area (Å²) in [4.78, 5) is 5.07. The maximum Gasteiger partial charge on any atom is 0.244 e. The van der Waals surface area contributed by atoms with Crippen LogP contribution in [0.15, 0.2) is 40.6 Å². The van der Waals surface area contributed by atoms with E-state index in [9.17, 15) is 8.42 Å². The molecule has 7 nitrogen and oxygen atoms in total. The first-order chi connectivity index (χ1) is 15.3. The Kier molecular flexibility index (Phi) is 5.68. The molecule has 0 aliphatic carbocycles. The van der Waals surface area contributed by atoms with Gasteiger partial charge in [0.25, 0.3) is 0 Å². The van der Waals surface area contributed by atoms with Gasteiger partial charge >= 0.3 is 0 Å². The summed E-state index contributed by atoms with van der Waals surface area (Å²) in [5, 5.41) is 3.37. The molecule has 4 heterocycles. The normalized spacial score (nSPS) is 19.1. The number of piperidine rings is 1. The lowest BCUT2D eigenvalue weighted by Crippen LogP contribution is -2.47. The van der Waals surface area contributed by atoms with Crippen LogP contribution in [0.3, 0.4) is 0 Å². The molecule has 2 aliphatic heterocycles. The van der Waals surface area contributed by atoms with E-state index in [1.165, 1.54) is 15.6 Å². The van der Waals surface area contributed by atoms with Crippen LogP contribution in [0.5, 0.6) is 0 Å². The first-order valence-electron chi connectivity index (χ1n) is 10.5. The predicted octanol–water partition coefficient (Wildman–Crippen LogP) is 4.31. The summed E-state index contributed by atoms with van der Waals surface area (Å²) in [6.45, 7) is 3.72. The van der Waals surface area contributed by atoms with Gasteiger partial charge in [-0.3, -0.25) is 0 Å². The van der Waals surface area contributed by atoms with Gasteiger partial charge in [0, 0.05) is 54.6 Å². The summed E-state index contributed by atoms with van der Waals surface area (Å²) in [5.41, 5.74) is 3.20. The van der Waals surface area contributed by atoms with Crippen molar-refractivity contribution in [2.75, 3.05) is 26.3 Å². The van der Waals surface area contributed by atoms with Gasteiger partial charge in [-0.1, -0.05) is 23.7 Å². The van der Waals surface area contributed by atoms with Crippen molar-refractivity contribution < 1.29 is 17.9 Å². The van der Waals surface area contributed by atoms with Gasteiger partial charge in [0.2, 0.25) is 10.0 Å². The second-order valence-electron chi connectivity index (χ2n) is 8.10. The van der Waals surface area contributed by atoms with Crippen molar-refractivity contribution in [3.8, 4) is 22.0 Å². The van der Waals surface area contributed by atoms with Crippen molar-refractivity contribution in [2.45, 2.75) is 30.4 Å². The van der Waals surface area contributed by atoms with Crippen molar-refractivity contribution >= 4 is 33.0 Å². The molecule has 0 radical (unpaired) electrons. The van der Waals surface area contributed by atoms with Gasteiger partial charge in [-0.25, -0.2) is 13.4 Å². The molecular weight excluding hydrogens is 470 g/mol. The lowest BCUT2D eigenvalue weighted by molar-refractivity contribution is -0.179. The zero-order valence-electron chi connectivity index (χ0n) is 17.9. The van der Waals surface area contributed by atoms with Crippen molar-refractivity contribution in [2.24, 2.45) is 7.05 Å². The minimum atomic E-state index is -3.64. The Morgan fingerprint density at radius 3 is 2.56 bits per heavy atom. The van der Waals surface area contributed by atoms with Crippen molar-refractivity contribution in [1.82, 2.24) is 13.9 Å². The molecule has 1 aromatic carbocycles. The third-order valence-corrected chi connectivity index (χ3v) is 9.36. The number of sulfonamides is 1. The SMILES string of the molecule is Cc1c(S(=O)(=O)N2CCC3(CC2)OCCO3)cc(-c2nc(-c3cccc(Cl)c3)cs2)n1C. The van der Waals surface area contributed by atoms with E-state index in [2.05, 4.69) is 0 Å². The summed E-state index contributed by atoms with van der Waals surface area (Å²) < 4.78 is 41.8. The van der Waals surface area contributed by atoms with Crippen LogP contribution in [-0.4, -0.2) is 54.4 Å². The van der Waals surface area contributed by atoms with Gasteiger partial charge in [-0.15, -0.1) is 11.3 Å². The molecule has 3 aromatic rings. The van der Waals surface area contributed by atoms with Crippen LogP contribution in [0, 0.1) is 6.92 Å². The van der Waals surface area contributed by atoms with Gasteiger partial charge in [0.05, 0.1) is 24.6 Å². The Bertz CT molecular complexity index is 1250. The van der Waals surface area contributed by atoms with Crippen molar-refractivity contribution in [1.29, 1.82) is 0 Å². The molecule has 0 amide bonds. The summed E-state index contributed by atoms with van der Waals surface area (Å²) >= 11 is 7.60. The van der Waals surface area contributed by atoms with Gasteiger partial charge in [-0.2, -0.15) is 4.31 Å². The maximum atomic E-state index is 13.5. The number of ether oxygens (including phenoxy) is 2. The maximum absolute atomic E-state index is 13.5. The molecule has 0 atom stereocenters. The quantitative estimate of drug-likeness (QED) is 0.541. The molecular formula is C22H24ClN3O4S2. The van der Waals surface area contributed by atoms with E-state index >= 15 is 0 Å². The zero-order valence-corrected chi connectivity index (χ0v) is 20.3. The molecule has 10 heteroatoms. The van der Waals surface area contributed by atoms with Crippen molar-refractivity contribution in [3.05, 3.63) is 46.4 Å². The van der Waals surface area contributed by atoms with Crippen LogP contribution < -0.4 is 0 Å². The molecule has 0 unspecified atom stereocenters. The lowest BCUT2D eigenvalue weighted by Gasteiger charge is -2.36. The Hall–Kier alpha value is -1.75. The minimum absolute atomic E-state index is 0.318. The highest BCUT2D eigenvalue weighted by Crippen LogP contribution is 2.37.